The van der Waals surface area contributed by atoms with Gasteiger partial charge >= 0.3 is 6.36 Å². The molecule has 0 spiro atoms. The molecule has 1 aliphatic heterocycles. The van der Waals surface area contributed by atoms with Crippen molar-refractivity contribution in [2.45, 2.75) is 49.7 Å². The lowest BCUT2D eigenvalue weighted by molar-refractivity contribution is -0.274. The van der Waals surface area contributed by atoms with E-state index in [1.54, 1.807) is 12.1 Å². The number of piperidine rings is 1. The van der Waals surface area contributed by atoms with Gasteiger partial charge in [0.2, 0.25) is 0 Å². The van der Waals surface area contributed by atoms with Gasteiger partial charge in [0.15, 0.2) is 0 Å². The predicted octanol–water partition coefficient (Wildman–Crippen LogP) is 5.00. The second-order valence-electron chi connectivity index (χ2n) is 10.0. The minimum absolute atomic E-state index is 0.00507. The van der Waals surface area contributed by atoms with Gasteiger partial charge in [-0.1, -0.05) is 17.7 Å². The van der Waals surface area contributed by atoms with Crippen LogP contribution in [0.3, 0.4) is 0 Å². The molecule has 0 amide bonds. The minimum atomic E-state index is -4.71. The van der Waals surface area contributed by atoms with Crippen molar-refractivity contribution < 1.29 is 50.6 Å². The number of nitrogens with zero attached hydrogens (tertiary/aromatic N) is 1. The number of aliphatic hydroxyl groups excluding tert-OH is 1. The Labute approximate surface area is 242 Å². The van der Waals surface area contributed by atoms with Crippen molar-refractivity contribution in [1.82, 2.24) is 0 Å². The highest BCUT2D eigenvalue weighted by molar-refractivity contribution is 7.85. The van der Waals surface area contributed by atoms with Crippen LogP contribution in [0.5, 0.6) is 17.2 Å². The quantitative estimate of drug-likeness (QED) is 0.286. The predicted molar refractivity (Wildman–Crippen MR) is 150 cm³/mol. The molecule has 0 radical (unpaired) electrons. The number of anilines is 1. The minimum Gasteiger partial charge on any atom is -0.491 e. The van der Waals surface area contributed by atoms with Crippen molar-refractivity contribution in [2.75, 3.05) is 31.2 Å². The highest BCUT2D eigenvalue weighted by atomic mass is 32.2. The Morgan fingerprint density at radius 2 is 1.40 bits per heavy atom. The van der Waals surface area contributed by atoms with Gasteiger partial charge in [-0.15, -0.1) is 13.2 Å². The number of aryl methyl sites for hydroxylation is 1. The molecule has 230 valence electrons. The Morgan fingerprint density at radius 3 is 1.90 bits per heavy atom. The van der Waals surface area contributed by atoms with Crippen molar-refractivity contribution in [1.29, 1.82) is 0 Å². The fourth-order valence-corrected chi connectivity index (χ4v) is 4.37. The topological polar surface area (TPSA) is 126 Å². The first-order chi connectivity index (χ1) is 19.6. The second-order valence-corrected chi connectivity index (χ2v) is 11.5. The maximum absolute atomic E-state index is 12.2. The van der Waals surface area contributed by atoms with Gasteiger partial charge in [-0.2, -0.15) is 8.42 Å². The standard InChI is InChI=1S/C22H26F3NO5.C7H8O3S/c1-21(28,14-27)15-29-17-4-2-16(3-5-17)26-12-10-19(11-13-26)30-18-6-8-20(9-7-18)31-22(23,24)25;1-6-2-4-7(5-3-6)11(8,9)10/h2-9,19,27-28H,10-15H2,1H3;2-5H,1H3,(H,8,9,10)/t21-;/m1./s1. The lowest BCUT2D eigenvalue weighted by Gasteiger charge is -2.33. The molecule has 42 heavy (non-hydrogen) atoms. The average molecular weight is 614 g/mol. The van der Waals surface area contributed by atoms with Gasteiger partial charge in [-0.25, -0.2) is 0 Å². The summed E-state index contributed by atoms with van der Waals surface area (Å²) in [5.74, 6) is 0.837. The van der Waals surface area contributed by atoms with Crippen LogP contribution < -0.4 is 19.1 Å². The molecule has 1 aliphatic rings. The van der Waals surface area contributed by atoms with Crippen molar-refractivity contribution in [3.63, 3.8) is 0 Å². The fourth-order valence-electron chi connectivity index (χ4n) is 3.89. The third-order valence-corrected chi connectivity index (χ3v) is 7.08. The van der Waals surface area contributed by atoms with Crippen LogP contribution in [0.2, 0.25) is 0 Å². The number of aliphatic hydroxyl groups is 2. The van der Waals surface area contributed by atoms with Crippen molar-refractivity contribution in [2.24, 2.45) is 0 Å². The van der Waals surface area contributed by atoms with Crippen molar-refractivity contribution >= 4 is 15.8 Å². The van der Waals surface area contributed by atoms with Gasteiger partial charge in [0.05, 0.1) is 11.5 Å². The van der Waals surface area contributed by atoms with E-state index < -0.39 is 22.1 Å². The first kappa shape index (κ1) is 33.0. The summed E-state index contributed by atoms with van der Waals surface area (Å²) < 4.78 is 81.5. The zero-order chi connectivity index (χ0) is 31.0. The molecule has 1 heterocycles. The van der Waals surface area contributed by atoms with E-state index >= 15 is 0 Å². The molecular weight excluding hydrogens is 579 g/mol. The third-order valence-electron chi connectivity index (χ3n) is 6.21. The maximum atomic E-state index is 12.2. The Bertz CT molecular complexity index is 1360. The van der Waals surface area contributed by atoms with E-state index in [1.807, 2.05) is 31.2 Å². The molecule has 0 unspecified atom stereocenters. The first-order valence-electron chi connectivity index (χ1n) is 13.0. The van der Waals surface area contributed by atoms with E-state index in [0.29, 0.717) is 11.5 Å². The summed E-state index contributed by atoms with van der Waals surface area (Å²) >= 11 is 0. The van der Waals surface area contributed by atoms with E-state index in [-0.39, 0.29) is 30.0 Å². The molecule has 1 fully saturated rings. The molecule has 3 aromatic carbocycles. The summed E-state index contributed by atoms with van der Waals surface area (Å²) in [6.07, 6.45) is -3.18. The molecule has 0 saturated carbocycles. The van der Waals surface area contributed by atoms with Crippen molar-refractivity contribution in [3.8, 4) is 17.2 Å². The van der Waals surface area contributed by atoms with Crippen LogP contribution in [0, 0.1) is 6.92 Å². The molecule has 0 aliphatic carbocycles. The van der Waals surface area contributed by atoms with Gasteiger partial charge in [0, 0.05) is 31.6 Å². The van der Waals surface area contributed by atoms with E-state index in [4.69, 9.17) is 19.1 Å². The van der Waals surface area contributed by atoms with Crippen LogP contribution in [0.25, 0.3) is 0 Å². The smallest absolute Gasteiger partial charge is 0.491 e. The number of rotatable bonds is 9. The number of hydrogen-bond acceptors (Lipinski definition) is 8. The van der Waals surface area contributed by atoms with Gasteiger partial charge < -0.3 is 29.3 Å². The molecule has 9 nitrogen and oxygen atoms in total. The Hall–Kier alpha value is -3.52. The lowest BCUT2D eigenvalue weighted by Crippen LogP contribution is -2.38. The summed E-state index contributed by atoms with van der Waals surface area (Å²) in [7, 11) is -4.02. The Morgan fingerprint density at radius 1 is 0.881 bits per heavy atom. The average Bonchev–Trinajstić information content (AvgIpc) is 2.93. The van der Waals surface area contributed by atoms with Crippen LogP contribution >= 0.6 is 0 Å². The van der Waals surface area contributed by atoms with E-state index in [2.05, 4.69) is 9.64 Å². The Kier molecular flexibility index (Phi) is 11.1. The van der Waals surface area contributed by atoms with Crippen LogP contribution in [-0.2, 0) is 10.1 Å². The van der Waals surface area contributed by atoms with Gasteiger partial charge in [-0.3, -0.25) is 4.55 Å². The zero-order valence-electron chi connectivity index (χ0n) is 23.1. The van der Waals surface area contributed by atoms with Crippen LogP contribution in [0.4, 0.5) is 18.9 Å². The number of halogens is 3. The van der Waals surface area contributed by atoms with Crippen LogP contribution in [0.15, 0.2) is 77.7 Å². The van der Waals surface area contributed by atoms with E-state index in [0.717, 1.165) is 37.2 Å². The fraction of sp³-hybridized carbons (Fsp3) is 0.379. The highest BCUT2D eigenvalue weighted by Crippen LogP contribution is 2.28. The molecule has 1 saturated heterocycles. The van der Waals surface area contributed by atoms with Gasteiger partial charge in [-0.05, 0) is 74.5 Å². The molecule has 3 aromatic rings. The third kappa shape index (κ3) is 11.0. The summed E-state index contributed by atoms with van der Waals surface area (Å²) in [5.41, 5.74) is 0.706. The molecule has 1 atom stereocenters. The molecule has 0 bridgehead atoms. The molecule has 3 N–H and O–H groups in total. The number of alkyl halides is 3. The molecule has 13 heteroatoms. The van der Waals surface area contributed by atoms with Gasteiger partial charge in [0.1, 0.15) is 35.6 Å². The lowest BCUT2D eigenvalue weighted by atomic mass is 10.1. The SMILES string of the molecule is C[C@@](O)(CO)COc1ccc(N2CCC(Oc3ccc(OC(F)(F)F)cc3)CC2)cc1.Cc1ccc(S(=O)(=O)O)cc1. The van der Waals surface area contributed by atoms with Crippen LogP contribution in [-0.4, -0.2) is 67.6 Å². The monoisotopic (exact) mass is 613 g/mol. The maximum Gasteiger partial charge on any atom is 0.573 e. The first-order valence-corrected chi connectivity index (χ1v) is 14.5. The van der Waals surface area contributed by atoms with Crippen LogP contribution in [0.1, 0.15) is 25.3 Å². The summed E-state index contributed by atoms with van der Waals surface area (Å²) in [5, 5.41) is 18.8. The Balaban J connectivity index is 0.000000369. The largest absolute Gasteiger partial charge is 0.573 e. The molecule has 0 aromatic heterocycles. The normalized spacial score (nSPS) is 15.7. The van der Waals surface area contributed by atoms with E-state index in [1.165, 1.54) is 43.3 Å². The number of ether oxygens (including phenoxy) is 3. The number of hydrogen-bond donors (Lipinski definition) is 3. The van der Waals surface area contributed by atoms with E-state index in [9.17, 15) is 26.7 Å². The van der Waals surface area contributed by atoms with Crippen molar-refractivity contribution in [3.05, 3.63) is 78.4 Å². The zero-order valence-corrected chi connectivity index (χ0v) is 23.9. The summed E-state index contributed by atoms with van der Waals surface area (Å²) in [4.78, 5) is 2.15. The summed E-state index contributed by atoms with van der Waals surface area (Å²) in [6, 6.07) is 18.9. The molecular formula is C29H34F3NO8S. The highest BCUT2D eigenvalue weighted by Gasteiger charge is 2.31. The molecule has 4 rings (SSSR count). The van der Waals surface area contributed by atoms with Gasteiger partial charge in [0.25, 0.3) is 10.1 Å². The number of benzene rings is 3. The summed E-state index contributed by atoms with van der Waals surface area (Å²) in [6.45, 7) is 4.51. The second kappa shape index (κ2) is 14.1.